The van der Waals surface area contributed by atoms with E-state index >= 15 is 0 Å². The molecule has 1 unspecified atom stereocenters. The molecule has 2 aliphatic carbocycles. The molecule has 0 heterocycles. The molecular weight excluding hydrogens is 150 g/mol. The number of rotatable bonds is 3. The van der Waals surface area contributed by atoms with Crippen LogP contribution in [0.3, 0.4) is 0 Å². The quantitative estimate of drug-likeness (QED) is 0.664. The summed E-state index contributed by atoms with van der Waals surface area (Å²) < 4.78 is 0. The molecule has 0 amide bonds. The number of nitrogens with one attached hydrogen (secondary N) is 1. The topological polar surface area (TPSA) is 32.3 Å². The summed E-state index contributed by atoms with van der Waals surface area (Å²) >= 11 is 0. The SMILES string of the molecule is CC(C)(O)CNC1CC[C@@H]2C[C@H]12. The van der Waals surface area contributed by atoms with Gasteiger partial charge in [-0.05, 0) is 44.9 Å². The van der Waals surface area contributed by atoms with Gasteiger partial charge in [0, 0.05) is 12.6 Å². The number of hydrogen-bond donors (Lipinski definition) is 2. The molecule has 0 saturated heterocycles. The van der Waals surface area contributed by atoms with E-state index in [4.69, 9.17) is 0 Å². The standard InChI is InChI=1S/C10H19NO/c1-10(2,12)6-11-9-4-3-7-5-8(7)9/h7-9,11-12H,3-6H2,1-2H3/t7-,8+,9?/m1/s1. The number of aliphatic hydroxyl groups is 1. The van der Waals surface area contributed by atoms with Crippen LogP contribution in [0.2, 0.25) is 0 Å². The van der Waals surface area contributed by atoms with E-state index in [1.54, 1.807) is 0 Å². The van der Waals surface area contributed by atoms with Crippen LogP contribution in [-0.2, 0) is 0 Å². The first-order valence-electron chi connectivity index (χ1n) is 5.02. The normalized spacial score (nSPS) is 39.8. The molecule has 3 atom stereocenters. The second kappa shape index (κ2) is 2.71. The second-order valence-electron chi connectivity index (χ2n) is 5.04. The monoisotopic (exact) mass is 169 g/mol. The van der Waals surface area contributed by atoms with Gasteiger partial charge in [-0.25, -0.2) is 0 Å². The van der Waals surface area contributed by atoms with Gasteiger partial charge in [0.2, 0.25) is 0 Å². The van der Waals surface area contributed by atoms with E-state index < -0.39 is 5.60 Å². The Balaban J connectivity index is 1.73. The molecule has 2 aliphatic rings. The predicted molar refractivity (Wildman–Crippen MR) is 48.9 cm³/mol. The summed E-state index contributed by atoms with van der Waals surface area (Å²) in [6.07, 6.45) is 4.17. The molecule has 0 radical (unpaired) electrons. The Bertz CT molecular complexity index is 173. The van der Waals surface area contributed by atoms with Crippen molar-refractivity contribution in [2.75, 3.05) is 6.54 Å². The summed E-state index contributed by atoms with van der Waals surface area (Å²) in [4.78, 5) is 0. The molecule has 70 valence electrons. The molecule has 0 aromatic heterocycles. The molecule has 0 aromatic carbocycles. The largest absolute Gasteiger partial charge is 0.389 e. The summed E-state index contributed by atoms with van der Waals surface area (Å²) in [6.45, 7) is 4.46. The van der Waals surface area contributed by atoms with Crippen molar-refractivity contribution in [2.45, 2.75) is 44.8 Å². The maximum Gasteiger partial charge on any atom is 0.0715 e. The van der Waals surface area contributed by atoms with Crippen molar-refractivity contribution in [3.05, 3.63) is 0 Å². The minimum atomic E-state index is -0.549. The third kappa shape index (κ3) is 1.80. The molecule has 2 heteroatoms. The van der Waals surface area contributed by atoms with E-state index in [2.05, 4.69) is 5.32 Å². The van der Waals surface area contributed by atoms with Gasteiger partial charge in [-0.15, -0.1) is 0 Å². The van der Waals surface area contributed by atoms with Gasteiger partial charge in [0.25, 0.3) is 0 Å². The molecule has 2 N–H and O–H groups in total. The van der Waals surface area contributed by atoms with Crippen LogP contribution in [0.15, 0.2) is 0 Å². The lowest BCUT2D eigenvalue weighted by Gasteiger charge is -2.22. The first kappa shape index (κ1) is 8.52. The van der Waals surface area contributed by atoms with E-state index in [1.165, 1.54) is 19.3 Å². The van der Waals surface area contributed by atoms with E-state index in [0.717, 1.165) is 18.4 Å². The van der Waals surface area contributed by atoms with Crippen LogP contribution in [0.25, 0.3) is 0 Å². The fraction of sp³-hybridized carbons (Fsp3) is 1.00. The fourth-order valence-corrected chi connectivity index (χ4v) is 2.34. The summed E-state index contributed by atoms with van der Waals surface area (Å²) in [6, 6.07) is 0.710. The van der Waals surface area contributed by atoms with Crippen molar-refractivity contribution < 1.29 is 5.11 Å². The highest BCUT2D eigenvalue weighted by Gasteiger charge is 2.47. The zero-order valence-electron chi connectivity index (χ0n) is 8.01. The lowest BCUT2D eigenvalue weighted by atomic mass is 10.1. The first-order valence-corrected chi connectivity index (χ1v) is 5.02. The predicted octanol–water partition coefficient (Wildman–Crippen LogP) is 1.15. The van der Waals surface area contributed by atoms with Crippen molar-refractivity contribution in [1.82, 2.24) is 5.32 Å². The number of hydrogen-bond acceptors (Lipinski definition) is 2. The lowest BCUT2D eigenvalue weighted by molar-refractivity contribution is 0.0757. The zero-order chi connectivity index (χ0) is 8.77. The van der Waals surface area contributed by atoms with Crippen molar-refractivity contribution in [1.29, 1.82) is 0 Å². The summed E-state index contributed by atoms with van der Waals surface area (Å²) in [5.74, 6) is 1.98. The minimum Gasteiger partial charge on any atom is -0.389 e. The maximum atomic E-state index is 9.52. The lowest BCUT2D eigenvalue weighted by Crippen LogP contribution is -2.40. The molecule has 0 spiro atoms. The molecule has 0 bridgehead atoms. The summed E-state index contributed by atoms with van der Waals surface area (Å²) in [7, 11) is 0. The van der Waals surface area contributed by atoms with Gasteiger partial charge in [0.05, 0.1) is 5.60 Å². The Morgan fingerprint density at radius 3 is 2.58 bits per heavy atom. The highest BCUT2D eigenvalue weighted by atomic mass is 16.3. The van der Waals surface area contributed by atoms with Gasteiger partial charge >= 0.3 is 0 Å². The van der Waals surface area contributed by atoms with Gasteiger partial charge in [-0.2, -0.15) is 0 Å². The molecule has 0 aliphatic heterocycles. The molecule has 2 rings (SSSR count). The molecule has 2 nitrogen and oxygen atoms in total. The Hall–Kier alpha value is -0.0800. The molecule has 2 saturated carbocycles. The van der Waals surface area contributed by atoms with E-state index in [9.17, 15) is 5.11 Å². The maximum absolute atomic E-state index is 9.52. The molecule has 2 fully saturated rings. The van der Waals surface area contributed by atoms with Crippen LogP contribution in [0.4, 0.5) is 0 Å². The van der Waals surface area contributed by atoms with Crippen molar-refractivity contribution in [3.8, 4) is 0 Å². The third-order valence-electron chi connectivity index (χ3n) is 3.14. The van der Waals surface area contributed by atoms with Crippen molar-refractivity contribution in [3.63, 3.8) is 0 Å². The van der Waals surface area contributed by atoms with Gasteiger partial charge in [-0.3, -0.25) is 0 Å². The summed E-state index contributed by atoms with van der Waals surface area (Å²) in [5, 5.41) is 13.0. The van der Waals surface area contributed by atoms with Gasteiger partial charge < -0.3 is 10.4 Å². The van der Waals surface area contributed by atoms with Crippen LogP contribution in [0, 0.1) is 11.8 Å². The third-order valence-corrected chi connectivity index (χ3v) is 3.14. The molecule has 12 heavy (non-hydrogen) atoms. The Morgan fingerprint density at radius 1 is 1.42 bits per heavy atom. The molecular formula is C10H19NO. The number of fused-ring (bicyclic) bond motifs is 1. The first-order chi connectivity index (χ1) is 5.56. The van der Waals surface area contributed by atoms with Gasteiger partial charge in [0.15, 0.2) is 0 Å². The Kier molecular flexibility index (Phi) is 1.92. The van der Waals surface area contributed by atoms with Crippen molar-refractivity contribution in [2.24, 2.45) is 11.8 Å². The van der Waals surface area contributed by atoms with Crippen molar-refractivity contribution >= 4 is 0 Å². The second-order valence-corrected chi connectivity index (χ2v) is 5.04. The van der Waals surface area contributed by atoms with Crippen LogP contribution in [-0.4, -0.2) is 23.3 Å². The average Bonchev–Trinajstić information content (AvgIpc) is 2.60. The highest BCUT2D eigenvalue weighted by Crippen LogP contribution is 2.51. The van der Waals surface area contributed by atoms with Crippen LogP contribution >= 0.6 is 0 Å². The Morgan fingerprint density at radius 2 is 2.17 bits per heavy atom. The smallest absolute Gasteiger partial charge is 0.0715 e. The van der Waals surface area contributed by atoms with Crippen LogP contribution in [0.5, 0.6) is 0 Å². The van der Waals surface area contributed by atoms with Gasteiger partial charge in [0.1, 0.15) is 0 Å². The highest BCUT2D eigenvalue weighted by molar-refractivity contribution is 5.01. The van der Waals surface area contributed by atoms with E-state index in [-0.39, 0.29) is 0 Å². The van der Waals surface area contributed by atoms with Crippen LogP contribution < -0.4 is 5.32 Å². The van der Waals surface area contributed by atoms with E-state index in [1.807, 2.05) is 13.8 Å². The van der Waals surface area contributed by atoms with Crippen LogP contribution in [0.1, 0.15) is 33.1 Å². The average molecular weight is 169 g/mol. The summed E-state index contributed by atoms with van der Waals surface area (Å²) in [5.41, 5.74) is -0.549. The van der Waals surface area contributed by atoms with E-state index in [0.29, 0.717) is 6.04 Å². The Labute approximate surface area is 74.4 Å². The fourth-order valence-electron chi connectivity index (χ4n) is 2.34. The minimum absolute atomic E-state index is 0.549. The zero-order valence-corrected chi connectivity index (χ0v) is 8.01. The van der Waals surface area contributed by atoms with Gasteiger partial charge in [-0.1, -0.05) is 0 Å². The molecule has 0 aromatic rings.